The van der Waals surface area contributed by atoms with E-state index in [1.807, 2.05) is 26.1 Å². The van der Waals surface area contributed by atoms with E-state index in [9.17, 15) is 0 Å². The van der Waals surface area contributed by atoms with Gasteiger partial charge in [-0.05, 0) is 19.1 Å². The molecule has 0 saturated carbocycles. The summed E-state index contributed by atoms with van der Waals surface area (Å²) in [5.74, 6) is 0.357. The van der Waals surface area contributed by atoms with Crippen LogP contribution in [0.5, 0.6) is 0 Å². The van der Waals surface area contributed by atoms with Crippen LogP contribution in [0.3, 0.4) is 0 Å². The van der Waals surface area contributed by atoms with Crippen molar-refractivity contribution in [1.29, 1.82) is 0 Å². The number of anilines is 1. The van der Waals surface area contributed by atoms with Gasteiger partial charge >= 0.3 is 0 Å². The summed E-state index contributed by atoms with van der Waals surface area (Å²) in [6, 6.07) is 5.39. The van der Waals surface area contributed by atoms with Crippen molar-refractivity contribution in [2.45, 2.75) is 6.92 Å². The Morgan fingerprint density at radius 3 is 2.74 bits per heavy atom. The number of rotatable bonds is 1. The molecule has 3 rings (SSSR count). The van der Waals surface area contributed by atoms with E-state index >= 15 is 0 Å². The predicted octanol–water partition coefficient (Wildman–Crippen LogP) is 2.96. The summed E-state index contributed by atoms with van der Waals surface area (Å²) in [6.07, 6.45) is 0. The van der Waals surface area contributed by atoms with Crippen LogP contribution >= 0.6 is 23.2 Å². The van der Waals surface area contributed by atoms with E-state index in [0.717, 1.165) is 16.9 Å². The Bertz CT molecular complexity index is 787. The summed E-state index contributed by atoms with van der Waals surface area (Å²) >= 11 is 12.3. The van der Waals surface area contributed by atoms with E-state index in [4.69, 9.17) is 28.9 Å². The number of nitrogens with zero attached hydrogens (tertiary/aromatic N) is 4. The molecule has 0 aliphatic carbocycles. The lowest BCUT2D eigenvalue weighted by Crippen LogP contribution is -2.05. The molecule has 1 aromatic carbocycles. The highest BCUT2D eigenvalue weighted by Crippen LogP contribution is 2.32. The fraction of sp³-hybridized carbons (Fsp3) is 0.167. The van der Waals surface area contributed by atoms with Gasteiger partial charge in [0.05, 0.1) is 21.4 Å². The lowest BCUT2D eigenvalue weighted by Gasteiger charge is -2.09. The summed E-state index contributed by atoms with van der Waals surface area (Å²) in [5, 5.41) is 5.24. The van der Waals surface area contributed by atoms with Gasteiger partial charge in [-0.3, -0.25) is 4.57 Å². The molecule has 0 radical (unpaired) electrons. The van der Waals surface area contributed by atoms with E-state index in [-0.39, 0.29) is 0 Å². The van der Waals surface area contributed by atoms with Crippen molar-refractivity contribution in [3.63, 3.8) is 0 Å². The number of fused-ring (bicyclic) bond motifs is 1. The molecule has 2 N–H and O–H groups in total. The number of hydrogen-bond donors (Lipinski definition) is 1. The Hall–Kier alpha value is -1.72. The van der Waals surface area contributed by atoms with E-state index < -0.39 is 0 Å². The first-order valence-corrected chi connectivity index (χ1v) is 6.38. The smallest absolute Gasteiger partial charge is 0.207 e. The maximum absolute atomic E-state index is 6.25. The van der Waals surface area contributed by atoms with Crippen molar-refractivity contribution in [2.24, 2.45) is 7.05 Å². The predicted molar refractivity (Wildman–Crippen MR) is 77.0 cm³/mol. The maximum Gasteiger partial charge on any atom is 0.207 e. The van der Waals surface area contributed by atoms with Gasteiger partial charge in [-0.1, -0.05) is 29.3 Å². The molecule has 2 aromatic heterocycles. The zero-order chi connectivity index (χ0) is 13.7. The number of benzene rings is 1. The van der Waals surface area contributed by atoms with Gasteiger partial charge in [0.1, 0.15) is 5.52 Å². The SMILES string of the molecule is Cc1nn(C)c2c1nc(N)n2-c1cccc(Cl)c1Cl. The van der Waals surface area contributed by atoms with Crippen LogP contribution in [-0.4, -0.2) is 19.3 Å². The van der Waals surface area contributed by atoms with Crippen LogP contribution in [0.4, 0.5) is 5.95 Å². The average Bonchev–Trinajstić information content (AvgIpc) is 2.82. The topological polar surface area (TPSA) is 61.7 Å². The molecule has 0 atom stereocenters. The quantitative estimate of drug-likeness (QED) is 0.751. The van der Waals surface area contributed by atoms with Crippen LogP contribution in [0.25, 0.3) is 16.9 Å². The number of nitrogen functional groups attached to an aromatic ring is 1. The minimum atomic E-state index is 0.357. The van der Waals surface area contributed by atoms with E-state index in [1.165, 1.54) is 0 Å². The third kappa shape index (κ3) is 1.69. The zero-order valence-corrected chi connectivity index (χ0v) is 11.9. The van der Waals surface area contributed by atoms with Gasteiger partial charge < -0.3 is 5.73 Å². The first-order chi connectivity index (χ1) is 9.00. The highest BCUT2D eigenvalue weighted by Gasteiger charge is 2.19. The van der Waals surface area contributed by atoms with E-state index in [2.05, 4.69) is 10.1 Å². The molecule has 3 aromatic rings. The Morgan fingerprint density at radius 1 is 1.26 bits per heavy atom. The van der Waals surface area contributed by atoms with Crippen molar-refractivity contribution in [1.82, 2.24) is 19.3 Å². The van der Waals surface area contributed by atoms with Crippen LogP contribution in [-0.2, 0) is 7.05 Å². The summed E-state index contributed by atoms with van der Waals surface area (Å²) in [4.78, 5) is 4.34. The molecule has 19 heavy (non-hydrogen) atoms. The van der Waals surface area contributed by atoms with Crippen molar-refractivity contribution in [3.8, 4) is 5.69 Å². The minimum absolute atomic E-state index is 0.357. The Labute approximate surface area is 119 Å². The molecule has 0 amide bonds. The molecule has 0 aliphatic heterocycles. The van der Waals surface area contributed by atoms with Gasteiger partial charge in [-0.25, -0.2) is 9.67 Å². The second-order valence-corrected chi connectivity index (χ2v) is 5.04. The molecule has 0 saturated heterocycles. The lowest BCUT2D eigenvalue weighted by molar-refractivity contribution is 0.762. The molecule has 7 heteroatoms. The van der Waals surface area contributed by atoms with Crippen molar-refractivity contribution >= 4 is 40.3 Å². The third-order valence-corrected chi connectivity index (χ3v) is 3.81. The zero-order valence-electron chi connectivity index (χ0n) is 10.4. The van der Waals surface area contributed by atoms with Gasteiger partial charge in [0.25, 0.3) is 0 Å². The van der Waals surface area contributed by atoms with Crippen LogP contribution < -0.4 is 5.73 Å². The number of aromatic nitrogens is 4. The van der Waals surface area contributed by atoms with Crippen molar-refractivity contribution < 1.29 is 0 Å². The first kappa shape index (κ1) is 12.3. The van der Waals surface area contributed by atoms with Crippen LogP contribution in [0.1, 0.15) is 5.69 Å². The second kappa shape index (κ2) is 4.15. The van der Waals surface area contributed by atoms with E-state index in [1.54, 1.807) is 15.3 Å². The molecule has 0 unspecified atom stereocenters. The molecule has 0 spiro atoms. The number of nitrogens with two attached hydrogens (primary N) is 1. The van der Waals surface area contributed by atoms with Gasteiger partial charge in [0.15, 0.2) is 5.65 Å². The minimum Gasteiger partial charge on any atom is -0.369 e. The fourth-order valence-electron chi connectivity index (χ4n) is 2.19. The summed E-state index contributed by atoms with van der Waals surface area (Å²) < 4.78 is 3.48. The fourth-order valence-corrected chi connectivity index (χ4v) is 2.57. The third-order valence-electron chi connectivity index (χ3n) is 3.00. The summed E-state index contributed by atoms with van der Waals surface area (Å²) in [7, 11) is 1.84. The highest BCUT2D eigenvalue weighted by molar-refractivity contribution is 6.43. The van der Waals surface area contributed by atoms with Gasteiger partial charge in [-0.2, -0.15) is 5.10 Å². The highest BCUT2D eigenvalue weighted by atomic mass is 35.5. The Kier molecular flexibility index (Phi) is 2.69. The largest absolute Gasteiger partial charge is 0.369 e. The van der Waals surface area contributed by atoms with Gasteiger partial charge in [0.2, 0.25) is 5.95 Å². The second-order valence-electron chi connectivity index (χ2n) is 4.26. The summed E-state index contributed by atoms with van der Waals surface area (Å²) in [6.45, 7) is 1.89. The first-order valence-electron chi connectivity index (χ1n) is 5.62. The molecule has 98 valence electrons. The molecule has 0 aliphatic rings. The van der Waals surface area contributed by atoms with Gasteiger partial charge in [0, 0.05) is 7.05 Å². The Balaban J connectivity index is 2.42. The van der Waals surface area contributed by atoms with Crippen molar-refractivity contribution in [3.05, 3.63) is 33.9 Å². The molecular weight excluding hydrogens is 285 g/mol. The number of imidazole rings is 1. The molecule has 0 fully saturated rings. The number of aryl methyl sites for hydroxylation is 2. The molecular formula is C12H11Cl2N5. The molecule has 5 nitrogen and oxygen atoms in total. The van der Waals surface area contributed by atoms with E-state index in [0.29, 0.717) is 21.7 Å². The van der Waals surface area contributed by atoms with Gasteiger partial charge in [-0.15, -0.1) is 0 Å². The maximum atomic E-state index is 6.25. The van der Waals surface area contributed by atoms with Crippen LogP contribution in [0.2, 0.25) is 10.0 Å². The monoisotopic (exact) mass is 295 g/mol. The summed E-state index contributed by atoms with van der Waals surface area (Å²) in [5.41, 5.74) is 9.06. The van der Waals surface area contributed by atoms with Crippen LogP contribution in [0.15, 0.2) is 18.2 Å². The Morgan fingerprint density at radius 2 is 2.00 bits per heavy atom. The standard InChI is InChI=1S/C12H11Cl2N5/c1-6-10-11(18(2)17-6)19(12(15)16-10)8-5-3-4-7(13)9(8)14/h3-5H,1-2H3,(H2,15,16). The van der Waals surface area contributed by atoms with Crippen molar-refractivity contribution in [2.75, 3.05) is 5.73 Å². The number of halogens is 2. The average molecular weight is 296 g/mol. The molecule has 2 heterocycles. The molecule has 0 bridgehead atoms. The number of hydrogen-bond acceptors (Lipinski definition) is 3. The van der Waals surface area contributed by atoms with Crippen LogP contribution in [0, 0.1) is 6.92 Å². The lowest BCUT2D eigenvalue weighted by atomic mass is 10.3. The normalized spacial score (nSPS) is 11.4.